The van der Waals surface area contributed by atoms with Crippen LogP contribution in [-0.2, 0) is 0 Å². The molecule has 0 unspecified atom stereocenters. The molecule has 1 heterocycles. The second-order valence-corrected chi connectivity index (χ2v) is 3.47. The summed E-state index contributed by atoms with van der Waals surface area (Å²) >= 11 is 0. The van der Waals surface area contributed by atoms with E-state index in [2.05, 4.69) is 10.3 Å². The highest BCUT2D eigenvalue weighted by molar-refractivity contribution is 5.84. The Hall–Kier alpha value is -2.97. The molecule has 1 aromatic carbocycles. The number of ether oxygens (including phenoxy) is 1. The molecule has 2 rings (SSSR count). The zero-order valence-corrected chi connectivity index (χ0v) is 9.68. The minimum absolute atomic E-state index is 0.0508. The highest BCUT2D eigenvalue weighted by Gasteiger charge is 2.16. The van der Waals surface area contributed by atoms with Gasteiger partial charge in [-0.1, -0.05) is 5.21 Å². The molecule has 0 amide bonds. The van der Waals surface area contributed by atoms with E-state index in [4.69, 9.17) is 9.84 Å². The standard InChI is InChI=1S/C10H8N4O5/c1-19-9-4-6(2-3-8(9)14(17)18)13-5-7(10(15)16)11-12-13/h2-5H,1H3,(H,15,16). The highest BCUT2D eigenvalue weighted by Crippen LogP contribution is 2.28. The van der Waals surface area contributed by atoms with Gasteiger partial charge in [-0.2, -0.15) is 0 Å². The SMILES string of the molecule is COc1cc(-n2cc(C(=O)O)nn2)ccc1[N+](=O)[O-]. The third-order valence-electron chi connectivity index (χ3n) is 2.34. The normalized spacial score (nSPS) is 10.2. The number of aromatic nitrogens is 3. The summed E-state index contributed by atoms with van der Waals surface area (Å²) in [7, 11) is 1.30. The van der Waals surface area contributed by atoms with E-state index < -0.39 is 10.9 Å². The first kappa shape index (κ1) is 12.5. The quantitative estimate of drug-likeness (QED) is 0.642. The molecular formula is C10H8N4O5. The van der Waals surface area contributed by atoms with E-state index in [1.165, 1.54) is 36.2 Å². The molecule has 0 saturated carbocycles. The number of benzene rings is 1. The Morgan fingerprint density at radius 2 is 2.26 bits per heavy atom. The Morgan fingerprint density at radius 1 is 1.53 bits per heavy atom. The lowest BCUT2D eigenvalue weighted by atomic mass is 10.2. The van der Waals surface area contributed by atoms with E-state index >= 15 is 0 Å². The Labute approximate surface area is 106 Å². The fourth-order valence-electron chi connectivity index (χ4n) is 1.45. The van der Waals surface area contributed by atoms with Gasteiger partial charge in [0.25, 0.3) is 0 Å². The summed E-state index contributed by atoms with van der Waals surface area (Å²) in [5, 5.41) is 26.5. The van der Waals surface area contributed by atoms with Gasteiger partial charge in [0.1, 0.15) is 0 Å². The van der Waals surface area contributed by atoms with Crippen LogP contribution in [0.3, 0.4) is 0 Å². The number of carboxylic acids is 1. The van der Waals surface area contributed by atoms with E-state index in [0.29, 0.717) is 5.69 Å². The number of rotatable bonds is 4. The summed E-state index contributed by atoms with van der Waals surface area (Å²) in [5.41, 5.74) is -0.00964. The fourth-order valence-corrected chi connectivity index (χ4v) is 1.45. The maximum absolute atomic E-state index is 10.7. The molecule has 0 atom stereocenters. The monoisotopic (exact) mass is 264 g/mol. The van der Waals surface area contributed by atoms with Gasteiger partial charge in [-0.25, -0.2) is 9.48 Å². The van der Waals surface area contributed by atoms with Crippen molar-refractivity contribution < 1.29 is 19.6 Å². The molecule has 98 valence electrons. The number of hydrogen-bond acceptors (Lipinski definition) is 6. The molecule has 0 aliphatic rings. The first-order valence-corrected chi connectivity index (χ1v) is 5.01. The summed E-state index contributed by atoms with van der Waals surface area (Å²) in [6.45, 7) is 0. The van der Waals surface area contributed by atoms with Crippen molar-refractivity contribution in [3.8, 4) is 11.4 Å². The molecule has 0 bridgehead atoms. The van der Waals surface area contributed by atoms with Gasteiger partial charge in [-0.15, -0.1) is 5.10 Å². The smallest absolute Gasteiger partial charge is 0.358 e. The average molecular weight is 264 g/mol. The number of carbonyl (C=O) groups is 1. The molecule has 2 aromatic rings. The minimum Gasteiger partial charge on any atom is -0.490 e. The average Bonchev–Trinajstić information content (AvgIpc) is 2.87. The number of hydrogen-bond donors (Lipinski definition) is 1. The van der Waals surface area contributed by atoms with Gasteiger partial charge in [0.2, 0.25) is 0 Å². The molecular weight excluding hydrogens is 256 g/mol. The van der Waals surface area contributed by atoms with Gasteiger partial charge in [0.15, 0.2) is 11.4 Å². The molecule has 0 spiro atoms. The predicted molar refractivity (Wildman–Crippen MR) is 61.5 cm³/mol. The van der Waals surface area contributed by atoms with Gasteiger partial charge in [0.05, 0.1) is 23.9 Å². The summed E-state index contributed by atoms with van der Waals surface area (Å²) in [5.74, 6) is -1.16. The predicted octanol–water partition coefficient (Wildman–Crippen LogP) is 0.882. The van der Waals surface area contributed by atoms with Gasteiger partial charge in [0, 0.05) is 12.1 Å². The lowest BCUT2D eigenvalue weighted by Gasteiger charge is -2.04. The molecule has 0 aliphatic heterocycles. The Morgan fingerprint density at radius 3 is 2.79 bits per heavy atom. The fraction of sp³-hybridized carbons (Fsp3) is 0.100. The van der Waals surface area contributed by atoms with Crippen LogP contribution in [0.5, 0.6) is 5.75 Å². The summed E-state index contributed by atoms with van der Waals surface area (Å²) in [6.07, 6.45) is 1.20. The first-order valence-electron chi connectivity index (χ1n) is 5.01. The van der Waals surface area contributed by atoms with Crippen LogP contribution in [0, 0.1) is 10.1 Å². The number of carboxylic acid groups (broad SMARTS) is 1. The van der Waals surface area contributed by atoms with Crippen molar-refractivity contribution in [2.75, 3.05) is 7.11 Å². The van der Waals surface area contributed by atoms with E-state index in [-0.39, 0.29) is 17.1 Å². The molecule has 0 aliphatic carbocycles. The highest BCUT2D eigenvalue weighted by atomic mass is 16.6. The van der Waals surface area contributed by atoms with E-state index in [0.717, 1.165) is 0 Å². The Bertz CT molecular complexity index is 651. The third-order valence-corrected chi connectivity index (χ3v) is 2.34. The molecule has 0 saturated heterocycles. The van der Waals surface area contributed by atoms with Crippen LogP contribution in [-0.4, -0.2) is 38.1 Å². The van der Waals surface area contributed by atoms with Crippen molar-refractivity contribution in [1.29, 1.82) is 0 Å². The van der Waals surface area contributed by atoms with Crippen LogP contribution < -0.4 is 4.74 Å². The maximum atomic E-state index is 10.7. The van der Waals surface area contributed by atoms with Gasteiger partial charge < -0.3 is 9.84 Å². The zero-order valence-electron chi connectivity index (χ0n) is 9.68. The van der Waals surface area contributed by atoms with Crippen molar-refractivity contribution >= 4 is 11.7 Å². The van der Waals surface area contributed by atoms with Crippen molar-refractivity contribution in [3.05, 3.63) is 40.2 Å². The first-order chi connectivity index (χ1) is 9.02. The number of nitrogens with zero attached hydrogens (tertiary/aromatic N) is 4. The lowest BCUT2D eigenvalue weighted by molar-refractivity contribution is -0.385. The molecule has 0 radical (unpaired) electrons. The summed E-state index contributed by atoms with van der Waals surface area (Å²) in [4.78, 5) is 20.8. The van der Waals surface area contributed by atoms with Crippen molar-refractivity contribution in [3.63, 3.8) is 0 Å². The summed E-state index contributed by atoms with van der Waals surface area (Å²) < 4.78 is 6.09. The Balaban J connectivity index is 2.45. The van der Waals surface area contributed by atoms with E-state index in [9.17, 15) is 14.9 Å². The van der Waals surface area contributed by atoms with Crippen molar-refractivity contribution in [2.45, 2.75) is 0 Å². The Kier molecular flexibility index (Phi) is 3.10. The van der Waals surface area contributed by atoms with E-state index in [1.807, 2.05) is 0 Å². The maximum Gasteiger partial charge on any atom is 0.358 e. The van der Waals surface area contributed by atoms with Crippen LogP contribution in [0.4, 0.5) is 5.69 Å². The van der Waals surface area contributed by atoms with Crippen LogP contribution in [0.2, 0.25) is 0 Å². The van der Waals surface area contributed by atoms with Crippen LogP contribution >= 0.6 is 0 Å². The number of nitro groups is 1. The van der Waals surface area contributed by atoms with E-state index in [1.54, 1.807) is 0 Å². The lowest BCUT2D eigenvalue weighted by Crippen LogP contribution is -1.99. The molecule has 19 heavy (non-hydrogen) atoms. The number of nitro benzene ring substituents is 1. The van der Waals surface area contributed by atoms with Gasteiger partial charge in [-0.3, -0.25) is 10.1 Å². The minimum atomic E-state index is -1.21. The van der Waals surface area contributed by atoms with Crippen LogP contribution in [0.25, 0.3) is 5.69 Å². The van der Waals surface area contributed by atoms with Crippen molar-refractivity contribution in [1.82, 2.24) is 15.0 Å². The molecule has 1 N–H and O–H groups in total. The summed E-state index contributed by atoms with van der Waals surface area (Å²) in [6, 6.07) is 4.04. The molecule has 9 nitrogen and oxygen atoms in total. The second-order valence-electron chi connectivity index (χ2n) is 3.47. The van der Waals surface area contributed by atoms with Crippen LogP contribution in [0.1, 0.15) is 10.5 Å². The molecule has 0 fully saturated rings. The second kappa shape index (κ2) is 4.72. The molecule has 1 aromatic heterocycles. The third kappa shape index (κ3) is 2.34. The number of aromatic carboxylic acids is 1. The topological polar surface area (TPSA) is 120 Å². The number of methoxy groups -OCH3 is 1. The zero-order chi connectivity index (χ0) is 14.0. The van der Waals surface area contributed by atoms with Gasteiger partial charge >= 0.3 is 11.7 Å². The molecule has 9 heteroatoms. The van der Waals surface area contributed by atoms with Crippen LogP contribution in [0.15, 0.2) is 24.4 Å². The van der Waals surface area contributed by atoms with Crippen molar-refractivity contribution in [2.24, 2.45) is 0 Å². The largest absolute Gasteiger partial charge is 0.490 e. The van der Waals surface area contributed by atoms with Gasteiger partial charge in [-0.05, 0) is 6.07 Å².